The van der Waals surface area contributed by atoms with Gasteiger partial charge in [-0.05, 0) is 26.2 Å². The molecule has 0 spiro atoms. The fraction of sp³-hybridized carbons (Fsp3) is 0.714. The number of aryl methyl sites for hydroxylation is 1. The van der Waals surface area contributed by atoms with E-state index in [-0.39, 0.29) is 18.1 Å². The Morgan fingerprint density at radius 3 is 3.15 bits per heavy atom. The minimum atomic E-state index is -0.0801. The fourth-order valence-electron chi connectivity index (χ4n) is 2.93. The predicted octanol–water partition coefficient (Wildman–Crippen LogP) is 0.408. The number of hydrogen-bond donors (Lipinski definition) is 1. The quantitative estimate of drug-likeness (QED) is 0.850. The molecule has 1 aromatic heterocycles. The Kier molecular flexibility index (Phi) is 3.76. The molecule has 0 bridgehead atoms. The Hall–Kier alpha value is -1.40. The van der Waals surface area contributed by atoms with Gasteiger partial charge in [0.25, 0.3) is 5.91 Å². The molecule has 6 heteroatoms. The third kappa shape index (κ3) is 2.45. The number of rotatable bonds is 2. The van der Waals surface area contributed by atoms with Crippen molar-refractivity contribution in [3.63, 3.8) is 0 Å². The molecule has 2 atom stereocenters. The van der Waals surface area contributed by atoms with Gasteiger partial charge in [-0.2, -0.15) is 0 Å². The SMILES string of the molecule is CC(N)C1CN(C(=O)c2ncc3n2CCCC3)CCO1. The first-order chi connectivity index (χ1) is 9.66. The average molecular weight is 278 g/mol. The fourth-order valence-corrected chi connectivity index (χ4v) is 2.93. The van der Waals surface area contributed by atoms with Crippen LogP contribution in [0.15, 0.2) is 6.20 Å². The molecular weight excluding hydrogens is 256 g/mol. The topological polar surface area (TPSA) is 73.4 Å². The number of fused-ring (bicyclic) bond motifs is 1. The summed E-state index contributed by atoms with van der Waals surface area (Å²) in [6, 6.07) is -0.0696. The van der Waals surface area contributed by atoms with Gasteiger partial charge in [0.05, 0.1) is 12.7 Å². The molecule has 110 valence electrons. The molecule has 2 aliphatic rings. The van der Waals surface area contributed by atoms with E-state index in [1.54, 1.807) is 0 Å². The van der Waals surface area contributed by atoms with Crippen molar-refractivity contribution in [3.05, 3.63) is 17.7 Å². The lowest BCUT2D eigenvalue weighted by atomic mass is 10.1. The van der Waals surface area contributed by atoms with E-state index in [1.807, 2.05) is 18.0 Å². The Labute approximate surface area is 118 Å². The molecule has 1 amide bonds. The van der Waals surface area contributed by atoms with Gasteiger partial charge >= 0.3 is 0 Å². The minimum Gasteiger partial charge on any atom is -0.373 e. The zero-order chi connectivity index (χ0) is 14.1. The first-order valence-corrected chi connectivity index (χ1v) is 7.37. The molecule has 0 saturated carbocycles. The van der Waals surface area contributed by atoms with Crippen molar-refractivity contribution >= 4 is 5.91 Å². The van der Waals surface area contributed by atoms with Gasteiger partial charge < -0.3 is 19.9 Å². The standard InChI is InChI=1S/C14H22N4O2/c1-10(15)12-9-17(6-7-20-12)14(19)13-16-8-11-4-2-3-5-18(11)13/h8,10,12H,2-7,9,15H2,1H3. The maximum atomic E-state index is 12.6. The largest absolute Gasteiger partial charge is 0.373 e. The van der Waals surface area contributed by atoms with Crippen molar-refractivity contribution in [1.29, 1.82) is 0 Å². The lowest BCUT2D eigenvalue weighted by molar-refractivity contribution is -0.0305. The molecule has 1 saturated heterocycles. The van der Waals surface area contributed by atoms with E-state index in [0.717, 1.165) is 19.4 Å². The molecule has 20 heavy (non-hydrogen) atoms. The molecule has 3 rings (SSSR count). The van der Waals surface area contributed by atoms with Crippen LogP contribution in [-0.2, 0) is 17.7 Å². The van der Waals surface area contributed by atoms with Crippen LogP contribution >= 0.6 is 0 Å². The average Bonchev–Trinajstić information content (AvgIpc) is 2.90. The molecule has 0 radical (unpaired) electrons. The van der Waals surface area contributed by atoms with Crippen LogP contribution in [0.2, 0.25) is 0 Å². The number of carbonyl (C=O) groups is 1. The Morgan fingerprint density at radius 2 is 2.35 bits per heavy atom. The lowest BCUT2D eigenvalue weighted by Crippen LogP contribution is -2.51. The second kappa shape index (κ2) is 5.54. The molecule has 0 aliphatic carbocycles. The van der Waals surface area contributed by atoms with Gasteiger partial charge in [0, 0.05) is 37.6 Å². The smallest absolute Gasteiger partial charge is 0.290 e. The van der Waals surface area contributed by atoms with Gasteiger partial charge in [0.1, 0.15) is 0 Å². The molecule has 0 aromatic carbocycles. The number of nitrogens with two attached hydrogens (primary N) is 1. The zero-order valence-corrected chi connectivity index (χ0v) is 11.9. The van der Waals surface area contributed by atoms with E-state index in [0.29, 0.717) is 25.5 Å². The van der Waals surface area contributed by atoms with E-state index in [9.17, 15) is 4.79 Å². The normalized spacial score (nSPS) is 24.3. The van der Waals surface area contributed by atoms with Crippen LogP contribution in [0.5, 0.6) is 0 Å². The lowest BCUT2D eigenvalue weighted by Gasteiger charge is -2.34. The van der Waals surface area contributed by atoms with Crippen LogP contribution in [0.4, 0.5) is 0 Å². The number of nitrogens with zero attached hydrogens (tertiary/aromatic N) is 3. The maximum Gasteiger partial charge on any atom is 0.290 e. The number of hydrogen-bond acceptors (Lipinski definition) is 4. The maximum absolute atomic E-state index is 12.6. The monoisotopic (exact) mass is 278 g/mol. The molecule has 2 N–H and O–H groups in total. The van der Waals surface area contributed by atoms with Gasteiger partial charge in [-0.1, -0.05) is 0 Å². The number of imidazole rings is 1. The second-order valence-electron chi connectivity index (χ2n) is 5.70. The Balaban J connectivity index is 1.77. The molecule has 6 nitrogen and oxygen atoms in total. The van der Waals surface area contributed by atoms with Crippen molar-refractivity contribution in [2.75, 3.05) is 19.7 Å². The second-order valence-corrected chi connectivity index (χ2v) is 5.70. The van der Waals surface area contributed by atoms with Crippen LogP contribution in [0, 0.1) is 0 Å². The molecule has 2 aliphatic heterocycles. The predicted molar refractivity (Wildman–Crippen MR) is 74.5 cm³/mol. The first-order valence-electron chi connectivity index (χ1n) is 7.37. The van der Waals surface area contributed by atoms with E-state index in [2.05, 4.69) is 9.55 Å². The number of morpholine rings is 1. The van der Waals surface area contributed by atoms with Crippen LogP contribution in [0.25, 0.3) is 0 Å². The van der Waals surface area contributed by atoms with E-state index in [4.69, 9.17) is 10.5 Å². The highest BCUT2D eigenvalue weighted by molar-refractivity contribution is 5.91. The summed E-state index contributed by atoms with van der Waals surface area (Å²) in [5.41, 5.74) is 7.05. The van der Waals surface area contributed by atoms with Gasteiger partial charge in [-0.15, -0.1) is 0 Å². The van der Waals surface area contributed by atoms with E-state index < -0.39 is 0 Å². The van der Waals surface area contributed by atoms with Crippen molar-refractivity contribution < 1.29 is 9.53 Å². The first kappa shape index (κ1) is 13.6. The van der Waals surface area contributed by atoms with Crippen LogP contribution < -0.4 is 5.73 Å². The molecular formula is C14H22N4O2. The summed E-state index contributed by atoms with van der Waals surface area (Å²) in [5.74, 6) is 0.581. The highest BCUT2D eigenvalue weighted by Gasteiger charge is 2.30. The Bertz CT molecular complexity index is 497. The third-order valence-electron chi connectivity index (χ3n) is 4.16. The third-order valence-corrected chi connectivity index (χ3v) is 4.16. The molecule has 1 fully saturated rings. The van der Waals surface area contributed by atoms with Crippen molar-refractivity contribution in [2.45, 2.75) is 44.9 Å². The summed E-state index contributed by atoms with van der Waals surface area (Å²) in [5, 5.41) is 0. The molecule has 3 heterocycles. The Morgan fingerprint density at radius 1 is 1.50 bits per heavy atom. The van der Waals surface area contributed by atoms with Gasteiger partial charge in [-0.3, -0.25) is 4.79 Å². The summed E-state index contributed by atoms with van der Waals surface area (Å²) in [6.07, 6.45) is 5.09. The minimum absolute atomic E-state index is 0.00657. The number of aromatic nitrogens is 2. The summed E-state index contributed by atoms with van der Waals surface area (Å²) in [4.78, 5) is 18.8. The van der Waals surface area contributed by atoms with Gasteiger partial charge in [0.2, 0.25) is 0 Å². The van der Waals surface area contributed by atoms with Gasteiger partial charge in [-0.25, -0.2) is 4.98 Å². The summed E-state index contributed by atoms with van der Waals surface area (Å²) < 4.78 is 7.68. The highest BCUT2D eigenvalue weighted by Crippen LogP contribution is 2.19. The number of ether oxygens (including phenoxy) is 1. The van der Waals surface area contributed by atoms with Crippen LogP contribution in [0.1, 0.15) is 36.1 Å². The highest BCUT2D eigenvalue weighted by atomic mass is 16.5. The molecule has 2 unspecified atom stereocenters. The molecule has 1 aromatic rings. The summed E-state index contributed by atoms with van der Waals surface area (Å²) in [6.45, 7) is 4.53. The van der Waals surface area contributed by atoms with Crippen molar-refractivity contribution in [2.24, 2.45) is 5.73 Å². The zero-order valence-electron chi connectivity index (χ0n) is 11.9. The summed E-state index contributed by atoms with van der Waals surface area (Å²) in [7, 11) is 0. The van der Waals surface area contributed by atoms with Gasteiger partial charge in [0.15, 0.2) is 5.82 Å². The van der Waals surface area contributed by atoms with Crippen molar-refractivity contribution in [1.82, 2.24) is 14.5 Å². The number of amides is 1. The van der Waals surface area contributed by atoms with Crippen LogP contribution in [0.3, 0.4) is 0 Å². The van der Waals surface area contributed by atoms with Crippen molar-refractivity contribution in [3.8, 4) is 0 Å². The van der Waals surface area contributed by atoms with E-state index in [1.165, 1.54) is 12.1 Å². The number of carbonyl (C=O) groups excluding carboxylic acids is 1. The van der Waals surface area contributed by atoms with E-state index >= 15 is 0 Å². The summed E-state index contributed by atoms with van der Waals surface area (Å²) >= 11 is 0. The van der Waals surface area contributed by atoms with Crippen LogP contribution in [-0.4, -0.2) is 52.2 Å².